The highest BCUT2D eigenvalue weighted by Crippen LogP contribution is 2.22. The van der Waals surface area contributed by atoms with Crippen LogP contribution in [-0.2, 0) is 17.9 Å². The first-order chi connectivity index (χ1) is 13.6. The van der Waals surface area contributed by atoms with Crippen LogP contribution in [0.3, 0.4) is 0 Å². The van der Waals surface area contributed by atoms with Gasteiger partial charge in [-0.2, -0.15) is 0 Å². The molecule has 0 fully saturated rings. The highest BCUT2D eigenvalue weighted by Gasteiger charge is 2.13. The molecule has 0 atom stereocenters. The number of hydrogen-bond donors (Lipinski definition) is 2. The van der Waals surface area contributed by atoms with Gasteiger partial charge in [-0.15, -0.1) is 10.2 Å². The molecule has 0 aliphatic carbocycles. The van der Waals surface area contributed by atoms with Crippen molar-refractivity contribution in [2.75, 3.05) is 16.4 Å². The van der Waals surface area contributed by atoms with Gasteiger partial charge < -0.3 is 15.2 Å². The summed E-state index contributed by atoms with van der Waals surface area (Å²) in [6.45, 7) is 5.26. The molecule has 2 aromatic carbocycles. The van der Waals surface area contributed by atoms with E-state index in [1.807, 2.05) is 66.9 Å². The molecule has 1 heterocycles. The van der Waals surface area contributed by atoms with Gasteiger partial charge in [-0.25, -0.2) is 0 Å². The Morgan fingerprint density at radius 1 is 1.14 bits per heavy atom. The molecule has 2 N–H and O–H groups in total. The maximum atomic E-state index is 12.2. The van der Waals surface area contributed by atoms with Gasteiger partial charge in [-0.05, 0) is 38.1 Å². The zero-order valence-corrected chi connectivity index (χ0v) is 17.3. The van der Waals surface area contributed by atoms with Gasteiger partial charge in [-0.1, -0.05) is 53.2 Å². The fourth-order valence-electron chi connectivity index (χ4n) is 2.62. The van der Waals surface area contributed by atoms with Crippen molar-refractivity contribution in [1.29, 1.82) is 0 Å². The van der Waals surface area contributed by atoms with E-state index in [0.717, 1.165) is 27.9 Å². The van der Waals surface area contributed by atoms with Crippen LogP contribution < -0.4 is 10.6 Å². The summed E-state index contributed by atoms with van der Waals surface area (Å²) in [6, 6.07) is 15.3. The molecule has 8 heteroatoms. The van der Waals surface area contributed by atoms with Crippen molar-refractivity contribution < 1.29 is 4.79 Å². The molecule has 6 nitrogen and oxygen atoms in total. The van der Waals surface area contributed by atoms with Crippen LogP contribution in [0.15, 0.2) is 53.7 Å². The van der Waals surface area contributed by atoms with Crippen LogP contribution in [0.5, 0.6) is 0 Å². The fourth-order valence-corrected chi connectivity index (χ4v) is 3.64. The number of carbonyl (C=O) groups is 1. The molecular weight excluding hydrogens is 394 g/mol. The Morgan fingerprint density at radius 3 is 2.61 bits per heavy atom. The van der Waals surface area contributed by atoms with Crippen LogP contribution in [0.1, 0.15) is 18.3 Å². The highest BCUT2D eigenvalue weighted by molar-refractivity contribution is 7.99. The van der Waals surface area contributed by atoms with Crippen molar-refractivity contribution in [3.63, 3.8) is 0 Å². The number of anilines is 2. The lowest BCUT2D eigenvalue weighted by atomic mass is 10.2. The Morgan fingerprint density at radius 2 is 1.89 bits per heavy atom. The van der Waals surface area contributed by atoms with E-state index < -0.39 is 0 Å². The molecule has 0 saturated heterocycles. The maximum Gasteiger partial charge on any atom is 0.234 e. The van der Waals surface area contributed by atoms with Gasteiger partial charge in [0.25, 0.3) is 0 Å². The number of amides is 1. The number of nitrogens with one attached hydrogen (secondary N) is 2. The van der Waals surface area contributed by atoms with Gasteiger partial charge in [0.2, 0.25) is 5.91 Å². The minimum absolute atomic E-state index is 0.0738. The Kier molecular flexibility index (Phi) is 6.95. The quantitative estimate of drug-likeness (QED) is 0.526. The molecule has 1 aromatic heterocycles. The predicted molar refractivity (Wildman–Crippen MR) is 115 cm³/mol. The Balaban J connectivity index is 1.58. The second-order valence-electron chi connectivity index (χ2n) is 6.18. The average molecular weight is 416 g/mol. The van der Waals surface area contributed by atoms with Crippen LogP contribution in [0.4, 0.5) is 11.4 Å². The number of thioether (sulfide) groups is 1. The van der Waals surface area contributed by atoms with Crippen molar-refractivity contribution in [2.45, 2.75) is 32.1 Å². The van der Waals surface area contributed by atoms with E-state index in [1.165, 1.54) is 11.8 Å². The smallest absolute Gasteiger partial charge is 0.234 e. The summed E-state index contributed by atoms with van der Waals surface area (Å²) < 4.78 is 1.99. The summed E-state index contributed by atoms with van der Waals surface area (Å²) in [5.74, 6) is 0.989. The number of carbonyl (C=O) groups excluding carboxylic acids is 1. The third kappa shape index (κ3) is 5.27. The van der Waals surface area contributed by atoms with Gasteiger partial charge in [0.1, 0.15) is 0 Å². The normalized spacial score (nSPS) is 10.7. The number of benzene rings is 2. The first-order valence-electron chi connectivity index (χ1n) is 8.96. The van der Waals surface area contributed by atoms with E-state index >= 15 is 0 Å². The number of hydrogen-bond acceptors (Lipinski definition) is 5. The molecule has 146 valence electrons. The second-order valence-corrected chi connectivity index (χ2v) is 7.53. The topological polar surface area (TPSA) is 71.8 Å². The third-order valence-corrected chi connectivity index (χ3v) is 5.38. The number of halogens is 1. The Bertz CT molecular complexity index is 942. The van der Waals surface area contributed by atoms with Crippen molar-refractivity contribution in [3.8, 4) is 0 Å². The Labute approximate surface area is 173 Å². The van der Waals surface area contributed by atoms with Crippen molar-refractivity contribution in [3.05, 3.63) is 64.9 Å². The summed E-state index contributed by atoms with van der Waals surface area (Å²) in [5.41, 5.74) is 2.79. The molecule has 0 saturated carbocycles. The Hall–Kier alpha value is -2.51. The molecule has 0 bridgehead atoms. The summed E-state index contributed by atoms with van der Waals surface area (Å²) in [6.07, 6.45) is 0. The number of aromatic nitrogens is 3. The van der Waals surface area contributed by atoms with Crippen LogP contribution >= 0.6 is 23.4 Å². The van der Waals surface area contributed by atoms with E-state index in [1.54, 1.807) is 0 Å². The largest absolute Gasteiger partial charge is 0.377 e. The van der Waals surface area contributed by atoms with Crippen LogP contribution in [0.2, 0.25) is 5.02 Å². The standard InChI is InChI=1S/C20H22ClN5OS/c1-3-26-18(12-22-17-7-5-4-6-16(17)21)24-25-20(26)28-13-19(27)23-15-10-8-14(2)9-11-15/h4-11,22H,3,12-13H2,1-2H3,(H,23,27). The zero-order chi connectivity index (χ0) is 19.9. The van der Waals surface area contributed by atoms with Gasteiger partial charge in [0.05, 0.1) is 23.0 Å². The lowest BCUT2D eigenvalue weighted by Gasteiger charge is -2.10. The van der Waals surface area contributed by atoms with Gasteiger partial charge in [-0.3, -0.25) is 4.79 Å². The van der Waals surface area contributed by atoms with Crippen molar-refractivity contribution in [1.82, 2.24) is 14.8 Å². The lowest BCUT2D eigenvalue weighted by molar-refractivity contribution is -0.113. The van der Waals surface area contributed by atoms with Crippen molar-refractivity contribution >= 4 is 40.6 Å². The van der Waals surface area contributed by atoms with E-state index in [-0.39, 0.29) is 11.7 Å². The minimum Gasteiger partial charge on any atom is -0.377 e. The molecule has 1 amide bonds. The third-order valence-electron chi connectivity index (χ3n) is 4.09. The van der Waals surface area contributed by atoms with Gasteiger partial charge in [0.15, 0.2) is 11.0 Å². The number of aryl methyl sites for hydroxylation is 1. The summed E-state index contributed by atoms with van der Waals surface area (Å²) in [4.78, 5) is 12.2. The number of nitrogens with zero attached hydrogens (tertiary/aromatic N) is 3. The highest BCUT2D eigenvalue weighted by atomic mass is 35.5. The average Bonchev–Trinajstić information content (AvgIpc) is 3.09. The second kappa shape index (κ2) is 9.61. The number of rotatable bonds is 8. The van der Waals surface area contributed by atoms with Crippen molar-refractivity contribution in [2.24, 2.45) is 0 Å². The number of para-hydroxylation sites is 1. The minimum atomic E-state index is -0.0738. The first kappa shape index (κ1) is 20.2. The molecule has 0 aliphatic rings. The van der Waals surface area contributed by atoms with Gasteiger partial charge >= 0.3 is 0 Å². The van der Waals surface area contributed by atoms with Crippen LogP contribution in [0, 0.1) is 6.92 Å². The SMILES string of the molecule is CCn1c(CNc2ccccc2Cl)nnc1SCC(=O)Nc1ccc(C)cc1. The zero-order valence-electron chi connectivity index (χ0n) is 15.8. The molecule has 0 radical (unpaired) electrons. The maximum absolute atomic E-state index is 12.2. The van der Waals surface area contributed by atoms with E-state index in [0.29, 0.717) is 18.1 Å². The van der Waals surface area contributed by atoms with E-state index in [2.05, 4.69) is 20.8 Å². The monoisotopic (exact) mass is 415 g/mol. The van der Waals surface area contributed by atoms with Crippen LogP contribution in [0.25, 0.3) is 0 Å². The summed E-state index contributed by atoms with van der Waals surface area (Å²) >= 11 is 7.55. The molecule has 28 heavy (non-hydrogen) atoms. The summed E-state index contributed by atoms with van der Waals surface area (Å²) in [7, 11) is 0. The molecule has 0 aliphatic heterocycles. The molecular formula is C20H22ClN5OS. The van der Waals surface area contributed by atoms with Crippen LogP contribution in [-0.4, -0.2) is 26.4 Å². The lowest BCUT2D eigenvalue weighted by Crippen LogP contribution is -2.15. The molecule has 3 aromatic rings. The van der Waals surface area contributed by atoms with E-state index in [9.17, 15) is 4.79 Å². The molecule has 0 spiro atoms. The predicted octanol–water partition coefficient (Wildman–Crippen LogP) is 4.60. The summed E-state index contributed by atoms with van der Waals surface area (Å²) in [5, 5.41) is 16.0. The first-order valence-corrected chi connectivity index (χ1v) is 10.3. The van der Waals surface area contributed by atoms with E-state index in [4.69, 9.17) is 11.6 Å². The van der Waals surface area contributed by atoms with Gasteiger partial charge in [0, 0.05) is 12.2 Å². The molecule has 3 rings (SSSR count). The fraction of sp³-hybridized carbons (Fsp3) is 0.250. The molecule has 0 unspecified atom stereocenters.